The zero-order valence-corrected chi connectivity index (χ0v) is 24.0. The minimum atomic E-state index is -4.86. The van der Waals surface area contributed by atoms with E-state index in [0.717, 1.165) is 39.7 Å². The Hall–Kier alpha value is -4.25. The van der Waals surface area contributed by atoms with Crippen LogP contribution < -0.4 is 4.74 Å². The third kappa shape index (κ3) is 6.56. The minimum Gasteiger partial charge on any atom is -0.440 e. The van der Waals surface area contributed by atoms with E-state index in [-0.39, 0.29) is 28.4 Å². The molecule has 0 aliphatic rings. The molecule has 0 atom stereocenters. The lowest BCUT2D eigenvalue weighted by atomic mass is 9.85. The van der Waals surface area contributed by atoms with Crippen molar-refractivity contribution in [3.8, 4) is 45.1 Å². The van der Waals surface area contributed by atoms with Crippen LogP contribution in [0.25, 0.3) is 39.4 Å². The Labute approximate surface area is 247 Å². The van der Waals surface area contributed by atoms with Crippen molar-refractivity contribution >= 4 is 11.6 Å². The summed E-state index contributed by atoms with van der Waals surface area (Å²) in [4.78, 5) is 4.44. The average molecular weight is 620 g/mol. The highest BCUT2D eigenvalue weighted by Crippen LogP contribution is 2.41. The fourth-order valence-electron chi connectivity index (χ4n) is 4.55. The van der Waals surface area contributed by atoms with Crippen LogP contribution in [0, 0.1) is 6.92 Å². The van der Waals surface area contributed by atoms with Crippen LogP contribution in [0.4, 0.5) is 26.3 Å². The topological polar surface area (TPSA) is 53.1 Å². The molecule has 3 aromatic carbocycles. The van der Waals surface area contributed by atoms with Gasteiger partial charge in [0.1, 0.15) is 11.4 Å². The molecule has 2 heterocycles. The van der Waals surface area contributed by atoms with Crippen molar-refractivity contribution in [2.24, 2.45) is 0 Å². The quantitative estimate of drug-likeness (QED) is 0.184. The second kappa shape index (κ2) is 10.8. The van der Waals surface area contributed by atoms with Gasteiger partial charge in [0.25, 0.3) is 0 Å². The lowest BCUT2D eigenvalue weighted by Gasteiger charge is -2.20. The van der Waals surface area contributed by atoms with Gasteiger partial charge < -0.3 is 9.15 Å². The molecule has 5 nitrogen and oxygen atoms in total. The summed E-state index contributed by atoms with van der Waals surface area (Å²) in [6, 6.07) is 18.0. The fraction of sp³-hybridized carbons (Fsp3) is 0.226. The Morgan fingerprint density at radius 2 is 1.49 bits per heavy atom. The second-order valence-electron chi connectivity index (χ2n) is 10.8. The molecule has 224 valence electrons. The zero-order chi connectivity index (χ0) is 31.3. The number of aromatic nitrogens is 3. The summed E-state index contributed by atoms with van der Waals surface area (Å²) in [5.41, 5.74) is 2.44. The van der Waals surface area contributed by atoms with Crippen LogP contribution in [0.15, 0.2) is 77.3 Å². The number of nitrogens with zero attached hydrogens (tertiary/aromatic N) is 3. The third-order valence-corrected chi connectivity index (χ3v) is 6.86. The number of alkyl halides is 6. The summed E-state index contributed by atoms with van der Waals surface area (Å²) in [5.74, 6) is -0.0301. The van der Waals surface area contributed by atoms with Crippen molar-refractivity contribution in [1.82, 2.24) is 14.8 Å². The van der Waals surface area contributed by atoms with Crippen LogP contribution in [0.2, 0.25) is 5.02 Å². The van der Waals surface area contributed by atoms with E-state index in [1.807, 2.05) is 24.3 Å². The van der Waals surface area contributed by atoms with Crippen LogP contribution >= 0.6 is 11.6 Å². The molecule has 0 saturated heterocycles. The monoisotopic (exact) mass is 619 g/mol. The molecule has 0 unspecified atom stereocenters. The number of aryl methyl sites for hydroxylation is 1. The molecule has 5 aromatic rings. The fourth-order valence-corrected chi connectivity index (χ4v) is 4.79. The van der Waals surface area contributed by atoms with Gasteiger partial charge in [-0.25, -0.2) is 9.67 Å². The molecule has 2 aromatic heterocycles. The van der Waals surface area contributed by atoms with E-state index in [0.29, 0.717) is 11.1 Å². The molecule has 0 bridgehead atoms. The van der Waals surface area contributed by atoms with Crippen molar-refractivity contribution in [2.75, 3.05) is 0 Å². The van der Waals surface area contributed by atoms with E-state index < -0.39 is 29.0 Å². The summed E-state index contributed by atoms with van der Waals surface area (Å²) in [7, 11) is 0. The Balaban J connectivity index is 1.70. The van der Waals surface area contributed by atoms with Crippen molar-refractivity contribution in [1.29, 1.82) is 0 Å². The van der Waals surface area contributed by atoms with Gasteiger partial charge in [0, 0.05) is 18.1 Å². The van der Waals surface area contributed by atoms with Crippen LogP contribution in [-0.4, -0.2) is 21.1 Å². The van der Waals surface area contributed by atoms with Gasteiger partial charge >= 0.3 is 12.5 Å². The number of halogens is 7. The van der Waals surface area contributed by atoms with E-state index in [9.17, 15) is 26.3 Å². The number of rotatable bonds is 5. The van der Waals surface area contributed by atoms with Crippen LogP contribution in [0.1, 0.15) is 37.9 Å². The van der Waals surface area contributed by atoms with Gasteiger partial charge in [0.05, 0.1) is 16.9 Å². The van der Waals surface area contributed by atoms with E-state index >= 15 is 0 Å². The van der Waals surface area contributed by atoms with Crippen LogP contribution in [0.3, 0.4) is 0 Å². The number of ether oxygens (including phenoxy) is 1. The summed E-state index contributed by atoms with van der Waals surface area (Å²) in [5, 5.41) is 3.13. The molecule has 0 aliphatic carbocycles. The van der Waals surface area contributed by atoms with Crippen molar-refractivity contribution in [3.63, 3.8) is 0 Å². The lowest BCUT2D eigenvalue weighted by Crippen LogP contribution is -2.16. The predicted octanol–water partition coefficient (Wildman–Crippen LogP) is 10.0. The van der Waals surface area contributed by atoms with E-state index in [1.54, 1.807) is 25.1 Å². The van der Waals surface area contributed by atoms with E-state index in [4.69, 9.17) is 16.0 Å². The summed E-state index contributed by atoms with van der Waals surface area (Å²) >= 11 is 5.93. The molecule has 0 aliphatic heterocycles. The average Bonchev–Trinajstić information content (AvgIpc) is 3.50. The maximum Gasteiger partial charge on any atom is 0.573 e. The first-order valence-electron chi connectivity index (χ1n) is 12.9. The highest BCUT2D eigenvalue weighted by molar-refractivity contribution is 6.31. The van der Waals surface area contributed by atoms with Gasteiger partial charge in [-0.15, -0.1) is 13.2 Å². The van der Waals surface area contributed by atoms with Crippen LogP contribution in [0.5, 0.6) is 5.75 Å². The van der Waals surface area contributed by atoms with Gasteiger partial charge in [-0.3, -0.25) is 0 Å². The predicted molar refractivity (Wildman–Crippen MR) is 150 cm³/mol. The molecular weight excluding hydrogens is 596 g/mol. The third-order valence-electron chi connectivity index (χ3n) is 6.58. The van der Waals surface area contributed by atoms with Crippen molar-refractivity contribution in [3.05, 3.63) is 95.1 Å². The molecule has 0 fully saturated rings. The van der Waals surface area contributed by atoms with E-state index in [2.05, 4.69) is 35.6 Å². The van der Waals surface area contributed by atoms with E-state index in [1.165, 1.54) is 12.1 Å². The first-order valence-corrected chi connectivity index (χ1v) is 13.3. The summed E-state index contributed by atoms with van der Waals surface area (Å²) in [6.45, 7) is 7.82. The first-order chi connectivity index (χ1) is 20.0. The maximum atomic E-state index is 13.6. The molecule has 0 amide bonds. The number of hydrogen-bond donors (Lipinski definition) is 0. The Bertz CT molecular complexity index is 1780. The van der Waals surface area contributed by atoms with Gasteiger partial charge in [-0.1, -0.05) is 62.7 Å². The zero-order valence-electron chi connectivity index (χ0n) is 23.2. The van der Waals surface area contributed by atoms with Gasteiger partial charge in [-0.05, 0) is 58.5 Å². The minimum absolute atomic E-state index is 0.143. The van der Waals surface area contributed by atoms with Gasteiger partial charge in [-0.2, -0.15) is 18.3 Å². The molecular formula is C31H24ClF6N3O2. The SMILES string of the molecule is Cc1nc(-c2ccc(OC(F)(F)F)cc2)c(-c2cc(-c3cccc(C(C)(C)C)c3)ccc2-n2cc(Cl)c(C(F)(F)F)n2)o1. The molecule has 0 spiro atoms. The van der Waals surface area contributed by atoms with Crippen molar-refractivity contribution in [2.45, 2.75) is 45.6 Å². The largest absolute Gasteiger partial charge is 0.573 e. The summed E-state index contributed by atoms with van der Waals surface area (Å²) < 4.78 is 89.8. The van der Waals surface area contributed by atoms with Crippen molar-refractivity contribution < 1.29 is 35.5 Å². The molecule has 5 rings (SSSR count). The summed E-state index contributed by atoms with van der Waals surface area (Å²) in [6.07, 6.45) is -8.60. The number of benzene rings is 3. The molecule has 0 radical (unpaired) electrons. The van der Waals surface area contributed by atoms with Crippen LogP contribution in [-0.2, 0) is 11.6 Å². The Morgan fingerprint density at radius 3 is 2.09 bits per heavy atom. The maximum absolute atomic E-state index is 13.6. The smallest absolute Gasteiger partial charge is 0.440 e. The Kier molecular flexibility index (Phi) is 7.58. The lowest BCUT2D eigenvalue weighted by molar-refractivity contribution is -0.274. The number of hydrogen-bond acceptors (Lipinski definition) is 4. The second-order valence-corrected chi connectivity index (χ2v) is 11.2. The van der Waals surface area contributed by atoms with Gasteiger partial charge in [0.2, 0.25) is 0 Å². The molecule has 43 heavy (non-hydrogen) atoms. The normalized spacial score (nSPS) is 12.5. The molecule has 12 heteroatoms. The first kappa shape index (κ1) is 30.2. The Morgan fingerprint density at radius 1 is 0.837 bits per heavy atom. The van der Waals surface area contributed by atoms with Gasteiger partial charge in [0.15, 0.2) is 17.3 Å². The highest BCUT2D eigenvalue weighted by Gasteiger charge is 2.37. The number of oxazole rings is 1. The molecule has 0 saturated carbocycles. The molecule has 0 N–H and O–H groups in total. The highest BCUT2D eigenvalue weighted by atomic mass is 35.5. The standard InChI is InChI=1S/C31H24ClF6N3O2/c1-17-39-26(18-8-11-22(12-9-18)43-31(36,37)38)27(42-17)23-15-20(19-6-5-7-21(14-19)29(2,3)4)10-13-25(23)41-16-24(32)28(40-41)30(33,34)35/h5-16H,1-4H3.